The highest BCUT2D eigenvalue weighted by Gasteiger charge is 2.27. The Balaban J connectivity index is 1.57. The first-order valence-corrected chi connectivity index (χ1v) is 9.92. The van der Waals surface area contributed by atoms with Crippen LogP contribution in [0.3, 0.4) is 0 Å². The number of hydrogen-bond acceptors (Lipinski definition) is 5. The first-order valence-electron chi connectivity index (χ1n) is 9.92. The number of Topliss-reactive ketones (excluding diaryl/α,β-unsaturated/α-hetero) is 1. The lowest BCUT2D eigenvalue weighted by molar-refractivity contribution is -0.127. The molecule has 0 unspecified atom stereocenters. The molecule has 0 radical (unpaired) electrons. The van der Waals surface area contributed by atoms with Gasteiger partial charge in [-0.2, -0.15) is 0 Å². The number of piperidine rings is 1. The fraction of sp³-hybridized carbons (Fsp3) is 0.333. The highest BCUT2D eigenvalue weighted by atomic mass is 16.5. The molecule has 1 aliphatic heterocycles. The van der Waals surface area contributed by atoms with Gasteiger partial charge in [-0.25, -0.2) is 0 Å². The summed E-state index contributed by atoms with van der Waals surface area (Å²) in [5, 5.41) is 0. The van der Waals surface area contributed by atoms with Crippen LogP contribution in [-0.4, -0.2) is 51.0 Å². The maximum absolute atomic E-state index is 12.7. The number of nitrogens with zero attached hydrogens (tertiary/aromatic N) is 1. The predicted molar refractivity (Wildman–Crippen MR) is 115 cm³/mol. The number of carbonyl (C=O) groups excluding carboxylic acids is 2. The molecule has 0 aromatic heterocycles. The Labute approximate surface area is 177 Å². The van der Waals surface area contributed by atoms with Crippen molar-refractivity contribution in [1.82, 2.24) is 4.90 Å². The van der Waals surface area contributed by atoms with Crippen LogP contribution in [0.1, 0.15) is 28.8 Å². The summed E-state index contributed by atoms with van der Waals surface area (Å²) in [6.45, 7) is 1.13. The highest BCUT2D eigenvalue weighted by molar-refractivity contribution is 5.98. The first kappa shape index (κ1) is 21.4. The molecule has 6 heteroatoms. The molecule has 1 saturated heterocycles. The molecule has 1 aliphatic rings. The monoisotopic (exact) mass is 409 g/mol. The highest BCUT2D eigenvalue weighted by Crippen LogP contribution is 2.25. The van der Waals surface area contributed by atoms with Crippen molar-refractivity contribution in [3.63, 3.8) is 0 Å². The molecule has 1 amide bonds. The number of ketones is 1. The van der Waals surface area contributed by atoms with Gasteiger partial charge >= 0.3 is 0 Å². The Morgan fingerprint density at radius 3 is 1.97 bits per heavy atom. The van der Waals surface area contributed by atoms with E-state index < -0.39 is 0 Å². The molecule has 0 bridgehead atoms. The Hall–Kier alpha value is -3.28. The molecule has 158 valence electrons. The number of rotatable bonds is 7. The van der Waals surface area contributed by atoms with Crippen molar-refractivity contribution in [3.8, 4) is 17.2 Å². The summed E-state index contributed by atoms with van der Waals surface area (Å²) in [4.78, 5) is 27.1. The molecule has 0 spiro atoms. The van der Waals surface area contributed by atoms with Crippen molar-refractivity contribution in [2.75, 3.05) is 34.4 Å². The number of hydrogen-bond donors (Lipinski definition) is 0. The van der Waals surface area contributed by atoms with Crippen LogP contribution in [0.4, 0.5) is 0 Å². The van der Waals surface area contributed by atoms with E-state index >= 15 is 0 Å². The van der Waals surface area contributed by atoms with Gasteiger partial charge < -0.3 is 19.1 Å². The van der Waals surface area contributed by atoms with E-state index in [9.17, 15) is 9.59 Å². The van der Waals surface area contributed by atoms with Gasteiger partial charge in [0, 0.05) is 36.7 Å². The van der Waals surface area contributed by atoms with Gasteiger partial charge in [-0.05, 0) is 60.9 Å². The van der Waals surface area contributed by atoms with Crippen molar-refractivity contribution >= 4 is 17.8 Å². The average Bonchev–Trinajstić information content (AvgIpc) is 2.81. The predicted octanol–water partition coefficient (Wildman–Crippen LogP) is 3.85. The van der Waals surface area contributed by atoms with Crippen molar-refractivity contribution in [3.05, 3.63) is 59.7 Å². The number of benzene rings is 2. The quantitative estimate of drug-likeness (QED) is 0.513. The van der Waals surface area contributed by atoms with Crippen LogP contribution < -0.4 is 14.2 Å². The minimum Gasteiger partial charge on any atom is -0.497 e. The molecule has 2 aromatic rings. The Morgan fingerprint density at radius 2 is 1.43 bits per heavy atom. The zero-order valence-corrected chi connectivity index (χ0v) is 17.6. The molecule has 0 atom stereocenters. The van der Waals surface area contributed by atoms with E-state index in [2.05, 4.69) is 0 Å². The Bertz CT molecular complexity index is 889. The van der Waals surface area contributed by atoms with E-state index in [0.29, 0.717) is 43.0 Å². The maximum Gasteiger partial charge on any atom is 0.246 e. The summed E-state index contributed by atoms with van der Waals surface area (Å²) in [6, 6.07) is 12.6. The SMILES string of the molecule is COc1ccc(C(=O)C2CCN(C(=O)/C=C/c3cc(OC)cc(OC)c3)CC2)cc1. The lowest BCUT2D eigenvalue weighted by Crippen LogP contribution is -2.39. The lowest BCUT2D eigenvalue weighted by Gasteiger charge is -2.30. The van der Waals surface area contributed by atoms with Gasteiger partial charge in [0.05, 0.1) is 21.3 Å². The third-order valence-electron chi connectivity index (χ3n) is 5.34. The molecule has 0 saturated carbocycles. The second-order valence-corrected chi connectivity index (χ2v) is 7.17. The first-order chi connectivity index (χ1) is 14.5. The molecular formula is C24H27NO5. The normalized spacial score (nSPS) is 14.6. The summed E-state index contributed by atoms with van der Waals surface area (Å²) in [5.41, 5.74) is 1.51. The van der Waals surface area contributed by atoms with Gasteiger partial charge in [0.2, 0.25) is 5.91 Å². The number of amides is 1. The van der Waals surface area contributed by atoms with Crippen molar-refractivity contribution in [1.29, 1.82) is 0 Å². The molecule has 6 nitrogen and oxygen atoms in total. The minimum atomic E-state index is -0.0628. The number of methoxy groups -OCH3 is 3. The van der Waals surface area contributed by atoms with Gasteiger partial charge in [-0.3, -0.25) is 9.59 Å². The molecule has 0 N–H and O–H groups in total. The van der Waals surface area contributed by atoms with Crippen LogP contribution in [0.15, 0.2) is 48.5 Å². The molecule has 2 aromatic carbocycles. The molecular weight excluding hydrogens is 382 g/mol. The number of likely N-dealkylation sites (tertiary alicyclic amines) is 1. The second kappa shape index (κ2) is 9.96. The summed E-state index contributed by atoms with van der Waals surface area (Å²) >= 11 is 0. The average molecular weight is 409 g/mol. The summed E-state index contributed by atoms with van der Waals surface area (Å²) < 4.78 is 15.7. The van der Waals surface area contributed by atoms with E-state index in [1.165, 1.54) is 0 Å². The molecule has 30 heavy (non-hydrogen) atoms. The smallest absolute Gasteiger partial charge is 0.246 e. The van der Waals surface area contributed by atoms with Gasteiger partial charge in [-0.15, -0.1) is 0 Å². The van der Waals surface area contributed by atoms with E-state index in [-0.39, 0.29) is 17.6 Å². The van der Waals surface area contributed by atoms with E-state index in [1.807, 2.05) is 12.1 Å². The second-order valence-electron chi connectivity index (χ2n) is 7.17. The fourth-order valence-corrected chi connectivity index (χ4v) is 3.55. The summed E-state index contributed by atoms with van der Waals surface area (Å²) in [6.07, 6.45) is 4.64. The van der Waals surface area contributed by atoms with E-state index in [4.69, 9.17) is 14.2 Å². The van der Waals surface area contributed by atoms with Crippen molar-refractivity contribution < 1.29 is 23.8 Å². The zero-order chi connectivity index (χ0) is 21.5. The number of carbonyl (C=O) groups is 2. The van der Waals surface area contributed by atoms with Crippen molar-refractivity contribution in [2.24, 2.45) is 5.92 Å². The third-order valence-corrected chi connectivity index (χ3v) is 5.34. The fourth-order valence-electron chi connectivity index (χ4n) is 3.55. The maximum atomic E-state index is 12.7. The van der Waals surface area contributed by atoms with Crippen molar-refractivity contribution in [2.45, 2.75) is 12.8 Å². The Morgan fingerprint density at radius 1 is 0.867 bits per heavy atom. The van der Waals surface area contributed by atoms with Crippen LogP contribution in [0.25, 0.3) is 6.08 Å². The molecule has 1 heterocycles. The topological polar surface area (TPSA) is 65.1 Å². The number of ether oxygens (including phenoxy) is 3. The zero-order valence-electron chi connectivity index (χ0n) is 17.6. The van der Waals surface area contributed by atoms with Crippen LogP contribution in [-0.2, 0) is 4.79 Å². The van der Waals surface area contributed by atoms with Crippen LogP contribution in [0, 0.1) is 5.92 Å². The third kappa shape index (κ3) is 5.20. The van der Waals surface area contributed by atoms with Gasteiger partial charge in [0.1, 0.15) is 17.2 Å². The van der Waals surface area contributed by atoms with Gasteiger partial charge in [0.25, 0.3) is 0 Å². The summed E-state index contributed by atoms with van der Waals surface area (Å²) in [7, 11) is 4.78. The minimum absolute atomic E-state index is 0.0610. The molecule has 1 fully saturated rings. The standard InChI is InChI=1S/C24H27NO5/c1-28-20-7-5-18(6-8-20)24(27)19-10-12-25(13-11-19)23(26)9-4-17-14-21(29-2)16-22(15-17)30-3/h4-9,14-16,19H,10-13H2,1-3H3/b9-4+. The largest absolute Gasteiger partial charge is 0.497 e. The molecule has 3 rings (SSSR count). The van der Waals surface area contributed by atoms with E-state index in [0.717, 1.165) is 11.3 Å². The lowest BCUT2D eigenvalue weighted by atomic mass is 9.89. The van der Waals surface area contributed by atoms with E-state index in [1.54, 1.807) is 68.7 Å². The van der Waals surface area contributed by atoms with Crippen LogP contribution >= 0.6 is 0 Å². The van der Waals surface area contributed by atoms with Gasteiger partial charge in [0.15, 0.2) is 5.78 Å². The molecule has 0 aliphatic carbocycles. The Kier molecular flexibility index (Phi) is 7.12. The van der Waals surface area contributed by atoms with Crippen LogP contribution in [0.5, 0.6) is 17.2 Å². The van der Waals surface area contributed by atoms with Crippen LogP contribution in [0.2, 0.25) is 0 Å². The van der Waals surface area contributed by atoms with Gasteiger partial charge in [-0.1, -0.05) is 0 Å². The summed E-state index contributed by atoms with van der Waals surface area (Å²) in [5.74, 6) is 2.07.